The van der Waals surface area contributed by atoms with Crippen molar-refractivity contribution >= 4 is 64.6 Å². The third-order valence-electron chi connectivity index (χ3n) is 11.2. The molecular formula is C51H50O2. The van der Waals surface area contributed by atoms with Gasteiger partial charge in [-0.1, -0.05) is 169 Å². The van der Waals surface area contributed by atoms with Crippen molar-refractivity contribution in [2.45, 2.75) is 72.6 Å². The van der Waals surface area contributed by atoms with Crippen LogP contribution in [-0.4, -0.2) is 13.2 Å². The van der Waals surface area contributed by atoms with Gasteiger partial charge in [-0.25, -0.2) is 0 Å². The minimum Gasteiger partial charge on any atom is -0.493 e. The van der Waals surface area contributed by atoms with Gasteiger partial charge in [-0.3, -0.25) is 0 Å². The molecule has 0 saturated heterocycles. The summed E-state index contributed by atoms with van der Waals surface area (Å²) in [5, 5.41) is 15.5. The molecular weight excluding hydrogens is 645 g/mol. The molecule has 0 amide bonds. The molecule has 0 aliphatic rings. The predicted molar refractivity (Wildman–Crippen MR) is 231 cm³/mol. The zero-order valence-electron chi connectivity index (χ0n) is 30.4. The Morgan fingerprint density at radius 3 is 1.11 bits per heavy atom. The SMILES string of the molecule is C.CCCCCCOc1cc(-c2ccc3ccc4cccc5ccc2c3c45)c(OCCCCCC)cc1-c1ccc2ccc3cccc4ccc1c2c34. The Hall–Kier alpha value is -5.34. The molecule has 0 bridgehead atoms. The van der Waals surface area contributed by atoms with E-state index in [1.165, 1.54) is 114 Å². The number of hydrogen-bond acceptors (Lipinski definition) is 2. The molecule has 266 valence electrons. The highest BCUT2D eigenvalue weighted by molar-refractivity contribution is 6.27. The van der Waals surface area contributed by atoms with Gasteiger partial charge in [0.15, 0.2) is 0 Å². The summed E-state index contributed by atoms with van der Waals surface area (Å²) in [6.45, 7) is 5.90. The quantitative estimate of drug-likeness (QED) is 0.0833. The summed E-state index contributed by atoms with van der Waals surface area (Å²) in [6, 6.07) is 45.2. The zero-order valence-corrected chi connectivity index (χ0v) is 30.4. The monoisotopic (exact) mass is 694 g/mol. The molecule has 9 rings (SSSR count). The smallest absolute Gasteiger partial charge is 0.128 e. The molecule has 0 radical (unpaired) electrons. The van der Waals surface area contributed by atoms with Gasteiger partial charge in [0.1, 0.15) is 11.5 Å². The standard InChI is InChI=1S/C50H46O2.CH4/c1-3-5-7-9-29-51-45-31-44(40-26-22-38-20-18-34-14-12-16-36-24-28-42(40)50(38)48(34)36)46(52-30-10-8-6-4-2)32-43(45)39-25-21-37-19-17-33-13-11-15-35-23-27-41(39)49(37)47(33)35;/h11-28,31-32H,3-10,29-30H2,1-2H3;1H4. The van der Waals surface area contributed by atoms with Crippen LogP contribution in [0.5, 0.6) is 11.5 Å². The summed E-state index contributed by atoms with van der Waals surface area (Å²) in [7, 11) is 0. The van der Waals surface area contributed by atoms with Crippen LogP contribution in [0, 0.1) is 0 Å². The lowest BCUT2D eigenvalue weighted by molar-refractivity contribution is 0.299. The summed E-state index contributed by atoms with van der Waals surface area (Å²) in [4.78, 5) is 0. The van der Waals surface area contributed by atoms with E-state index in [-0.39, 0.29) is 7.43 Å². The van der Waals surface area contributed by atoms with Crippen molar-refractivity contribution in [3.63, 3.8) is 0 Å². The fraction of sp³-hybridized carbons (Fsp3) is 0.255. The molecule has 0 aromatic heterocycles. The highest BCUT2D eigenvalue weighted by atomic mass is 16.5. The van der Waals surface area contributed by atoms with Crippen molar-refractivity contribution < 1.29 is 9.47 Å². The summed E-state index contributed by atoms with van der Waals surface area (Å²) in [5.41, 5.74) is 4.57. The van der Waals surface area contributed by atoms with Crippen LogP contribution in [0.15, 0.2) is 121 Å². The Kier molecular flexibility index (Phi) is 9.80. The van der Waals surface area contributed by atoms with E-state index in [2.05, 4.69) is 135 Å². The molecule has 2 nitrogen and oxygen atoms in total. The molecule has 0 atom stereocenters. The van der Waals surface area contributed by atoms with E-state index in [1.807, 2.05) is 0 Å². The number of ether oxygens (including phenoxy) is 2. The second-order valence-electron chi connectivity index (χ2n) is 14.6. The number of unbranched alkanes of at least 4 members (excludes halogenated alkanes) is 6. The molecule has 0 heterocycles. The van der Waals surface area contributed by atoms with Gasteiger partial charge in [-0.15, -0.1) is 0 Å². The fourth-order valence-corrected chi connectivity index (χ4v) is 8.58. The van der Waals surface area contributed by atoms with Crippen molar-refractivity contribution in [3.05, 3.63) is 121 Å². The van der Waals surface area contributed by atoms with E-state index < -0.39 is 0 Å². The first kappa shape index (κ1) is 34.7. The first-order valence-corrected chi connectivity index (χ1v) is 19.5. The molecule has 0 saturated carbocycles. The highest BCUT2D eigenvalue weighted by Crippen LogP contribution is 2.48. The van der Waals surface area contributed by atoms with Crippen LogP contribution in [-0.2, 0) is 0 Å². The van der Waals surface area contributed by atoms with Gasteiger partial charge in [-0.2, -0.15) is 0 Å². The van der Waals surface area contributed by atoms with Crippen molar-refractivity contribution in [2.24, 2.45) is 0 Å². The number of benzene rings is 9. The third-order valence-corrected chi connectivity index (χ3v) is 11.2. The van der Waals surface area contributed by atoms with E-state index in [4.69, 9.17) is 9.47 Å². The summed E-state index contributed by atoms with van der Waals surface area (Å²) in [6.07, 6.45) is 9.28. The van der Waals surface area contributed by atoms with Crippen molar-refractivity contribution in [3.8, 4) is 33.8 Å². The fourth-order valence-electron chi connectivity index (χ4n) is 8.58. The van der Waals surface area contributed by atoms with Crippen LogP contribution < -0.4 is 9.47 Å². The maximum atomic E-state index is 6.87. The van der Waals surface area contributed by atoms with E-state index in [1.54, 1.807) is 0 Å². The van der Waals surface area contributed by atoms with E-state index in [0.29, 0.717) is 13.2 Å². The van der Waals surface area contributed by atoms with Gasteiger partial charge < -0.3 is 9.47 Å². The van der Waals surface area contributed by atoms with Crippen LogP contribution in [0.3, 0.4) is 0 Å². The van der Waals surface area contributed by atoms with Crippen molar-refractivity contribution in [1.29, 1.82) is 0 Å². The molecule has 0 fully saturated rings. The minimum atomic E-state index is 0. The molecule has 0 aliphatic heterocycles. The average Bonchev–Trinajstić information content (AvgIpc) is 3.19. The van der Waals surface area contributed by atoms with Crippen molar-refractivity contribution in [1.82, 2.24) is 0 Å². The molecule has 0 aliphatic carbocycles. The third kappa shape index (κ3) is 6.19. The normalized spacial score (nSPS) is 11.8. The predicted octanol–water partition coefficient (Wildman–Crippen LogP) is 15.4. The van der Waals surface area contributed by atoms with Gasteiger partial charge >= 0.3 is 0 Å². The maximum absolute atomic E-state index is 6.87. The second kappa shape index (κ2) is 15.0. The molecule has 2 heteroatoms. The van der Waals surface area contributed by atoms with Gasteiger partial charge in [0.05, 0.1) is 13.2 Å². The molecule has 53 heavy (non-hydrogen) atoms. The van der Waals surface area contributed by atoms with Crippen LogP contribution in [0.1, 0.15) is 72.6 Å². The average molecular weight is 695 g/mol. The maximum Gasteiger partial charge on any atom is 0.128 e. The van der Waals surface area contributed by atoms with E-state index >= 15 is 0 Å². The summed E-state index contributed by atoms with van der Waals surface area (Å²) < 4.78 is 13.7. The van der Waals surface area contributed by atoms with Crippen LogP contribution in [0.25, 0.3) is 86.9 Å². The van der Waals surface area contributed by atoms with Crippen LogP contribution in [0.2, 0.25) is 0 Å². The van der Waals surface area contributed by atoms with Crippen LogP contribution >= 0.6 is 0 Å². The Morgan fingerprint density at radius 1 is 0.358 bits per heavy atom. The second-order valence-corrected chi connectivity index (χ2v) is 14.6. The summed E-state index contributed by atoms with van der Waals surface area (Å²) in [5.74, 6) is 1.84. The Morgan fingerprint density at radius 2 is 0.717 bits per heavy atom. The molecule has 0 spiro atoms. The van der Waals surface area contributed by atoms with Gasteiger partial charge in [0.25, 0.3) is 0 Å². The van der Waals surface area contributed by atoms with Gasteiger partial charge in [0.2, 0.25) is 0 Å². The molecule has 0 N–H and O–H groups in total. The van der Waals surface area contributed by atoms with Crippen LogP contribution in [0.4, 0.5) is 0 Å². The van der Waals surface area contributed by atoms with Gasteiger partial charge in [0, 0.05) is 11.1 Å². The molecule has 0 unspecified atom stereocenters. The topological polar surface area (TPSA) is 18.5 Å². The lowest BCUT2D eigenvalue weighted by Gasteiger charge is -2.21. The van der Waals surface area contributed by atoms with E-state index in [9.17, 15) is 0 Å². The Bertz CT molecular complexity index is 2450. The minimum absolute atomic E-state index is 0. The van der Waals surface area contributed by atoms with Gasteiger partial charge in [-0.05, 0) is 101 Å². The molecule has 9 aromatic rings. The number of hydrogen-bond donors (Lipinski definition) is 0. The van der Waals surface area contributed by atoms with Crippen molar-refractivity contribution in [2.75, 3.05) is 13.2 Å². The Labute approximate surface area is 314 Å². The zero-order chi connectivity index (χ0) is 35.0. The highest BCUT2D eigenvalue weighted by Gasteiger charge is 2.21. The molecule has 9 aromatic carbocycles. The summed E-state index contributed by atoms with van der Waals surface area (Å²) >= 11 is 0. The lowest BCUT2D eigenvalue weighted by atomic mass is 9.87. The largest absolute Gasteiger partial charge is 0.493 e. The first-order valence-electron chi connectivity index (χ1n) is 19.5. The first-order chi connectivity index (χ1) is 25.7. The number of rotatable bonds is 14. The lowest BCUT2D eigenvalue weighted by Crippen LogP contribution is -2.03. The Balaban J connectivity index is 0.00000400. The van der Waals surface area contributed by atoms with E-state index in [0.717, 1.165) is 35.5 Å².